The zero-order chi connectivity index (χ0) is 9.97. The van der Waals surface area contributed by atoms with E-state index < -0.39 is 0 Å². The third-order valence-corrected chi connectivity index (χ3v) is 2.66. The second kappa shape index (κ2) is 4.01. The zero-order valence-corrected chi connectivity index (χ0v) is 8.60. The summed E-state index contributed by atoms with van der Waals surface area (Å²) < 4.78 is 0. The Morgan fingerprint density at radius 3 is 3.07 bits per heavy atom. The van der Waals surface area contributed by atoms with Gasteiger partial charge in [-0.05, 0) is 30.0 Å². The number of carbonyl (C=O) groups excluding carboxylic acids is 1. The van der Waals surface area contributed by atoms with Crippen LogP contribution in [0.2, 0.25) is 0 Å². The van der Waals surface area contributed by atoms with Gasteiger partial charge in [0, 0.05) is 11.6 Å². The lowest BCUT2D eigenvalue weighted by Crippen LogP contribution is -2.03. The molecule has 1 aliphatic heterocycles. The van der Waals surface area contributed by atoms with Gasteiger partial charge in [0.15, 0.2) is 0 Å². The van der Waals surface area contributed by atoms with Crippen molar-refractivity contribution < 1.29 is 4.79 Å². The van der Waals surface area contributed by atoms with Gasteiger partial charge in [0.25, 0.3) is 0 Å². The van der Waals surface area contributed by atoms with Gasteiger partial charge in [-0.25, -0.2) is 0 Å². The van der Waals surface area contributed by atoms with E-state index in [9.17, 15) is 4.79 Å². The number of hydrogen-bond donors (Lipinski definition) is 1. The molecule has 0 spiro atoms. The van der Waals surface area contributed by atoms with Crippen LogP contribution in [0.3, 0.4) is 0 Å². The van der Waals surface area contributed by atoms with E-state index >= 15 is 0 Å². The molecule has 0 fully saturated rings. The lowest BCUT2D eigenvalue weighted by atomic mass is 10.1. The number of benzene rings is 1. The van der Waals surface area contributed by atoms with Gasteiger partial charge in [-0.2, -0.15) is 0 Å². The third kappa shape index (κ3) is 1.90. The maximum Gasteiger partial charge on any atom is 0.228 e. The second-order valence-corrected chi connectivity index (χ2v) is 3.89. The predicted molar refractivity (Wildman–Crippen MR) is 57.8 cm³/mol. The number of halogens is 1. The summed E-state index contributed by atoms with van der Waals surface area (Å²) in [5, 5.41) is 2.82. The van der Waals surface area contributed by atoms with Crippen LogP contribution in [-0.2, 0) is 17.6 Å². The molecule has 1 heterocycles. The molecule has 0 atom stereocenters. The molecule has 14 heavy (non-hydrogen) atoms. The van der Waals surface area contributed by atoms with E-state index in [1.165, 1.54) is 5.56 Å². The number of alkyl halides is 1. The normalized spacial score (nSPS) is 13.9. The van der Waals surface area contributed by atoms with Crippen LogP contribution in [0.4, 0.5) is 5.69 Å². The van der Waals surface area contributed by atoms with Crippen molar-refractivity contribution in [2.45, 2.75) is 19.3 Å². The van der Waals surface area contributed by atoms with E-state index in [1.54, 1.807) is 0 Å². The number of rotatable bonds is 3. The molecule has 0 saturated heterocycles. The number of anilines is 1. The fourth-order valence-electron chi connectivity index (χ4n) is 1.71. The van der Waals surface area contributed by atoms with E-state index in [4.69, 9.17) is 11.6 Å². The Bertz CT molecular complexity index is 362. The maximum atomic E-state index is 11.1. The minimum absolute atomic E-state index is 0.0921. The first-order valence-electron chi connectivity index (χ1n) is 4.77. The van der Waals surface area contributed by atoms with Crippen LogP contribution in [0.25, 0.3) is 0 Å². The zero-order valence-electron chi connectivity index (χ0n) is 7.85. The number of aryl methyl sites for hydroxylation is 1. The van der Waals surface area contributed by atoms with Crippen molar-refractivity contribution in [3.8, 4) is 0 Å². The van der Waals surface area contributed by atoms with E-state index in [0.717, 1.165) is 24.1 Å². The molecule has 0 saturated carbocycles. The Morgan fingerprint density at radius 1 is 1.43 bits per heavy atom. The predicted octanol–water partition coefficient (Wildman–Crippen LogP) is 2.35. The molecule has 2 rings (SSSR count). The first-order chi connectivity index (χ1) is 6.79. The first kappa shape index (κ1) is 9.53. The van der Waals surface area contributed by atoms with Crippen molar-refractivity contribution in [2.24, 2.45) is 0 Å². The smallest absolute Gasteiger partial charge is 0.228 e. The van der Waals surface area contributed by atoms with Gasteiger partial charge < -0.3 is 5.32 Å². The van der Waals surface area contributed by atoms with Gasteiger partial charge in [0.1, 0.15) is 0 Å². The van der Waals surface area contributed by atoms with Crippen LogP contribution in [0.5, 0.6) is 0 Å². The van der Waals surface area contributed by atoms with Crippen molar-refractivity contribution in [3.05, 3.63) is 29.3 Å². The van der Waals surface area contributed by atoms with E-state index in [-0.39, 0.29) is 5.91 Å². The van der Waals surface area contributed by atoms with E-state index in [1.807, 2.05) is 6.07 Å². The summed E-state index contributed by atoms with van der Waals surface area (Å²) in [7, 11) is 0. The fraction of sp³-hybridized carbons (Fsp3) is 0.364. The molecule has 0 aliphatic carbocycles. The quantitative estimate of drug-likeness (QED) is 0.761. The van der Waals surface area contributed by atoms with Crippen LogP contribution in [-0.4, -0.2) is 11.8 Å². The molecule has 1 N–H and O–H groups in total. The number of amides is 1. The summed E-state index contributed by atoms with van der Waals surface area (Å²) in [5.74, 6) is 0.781. The van der Waals surface area contributed by atoms with Crippen LogP contribution in [0.15, 0.2) is 18.2 Å². The highest BCUT2D eigenvalue weighted by Crippen LogP contribution is 2.24. The molecular formula is C11H12ClNO. The molecule has 74 valence electrons. The van der Waals surface area contributed by atoms with Crippen molar-refractivity contribution in [2.75, 3.05) is 11.2 Å². The summed E-state index contributed by atoms with van der Waals surface area (Å²) in [6.07, 6.45) is 2.50. The summed E-state index contributed by atoms with van der Waals surface area (Å²) >= 11 is 5.63. The minimum atomic E-state index is 0.0921. The molecule has 1 aromatic carbocycles. The number of nitrogens with one attached hydrogen (secondary N) is 1. The summed E-state index contributed by atoms with van der Waals surface area (Å²) in [6, 6.07) is 6.13. The molecule has 0 radical (unpaired) electrons. The Hall–Kier alpha value is -1.02. The van der Waals surface area contributed by atoms with Crippen LogP contribution in [0.1, 0.15) is 17.5 Å². The maximum absolute atomic E-state index is 11.1. The Morgan fingerprint density at radius 2 is 2.29 bits per heavy atom. The van der Waals surface area contributed by atoms with Gasteiger partial charge in [-0.3, -0.25) is 4.79 Å². The minimum Gasteiger partial charge on any atom is -0.326 e. The van der Waals surface area contributed by atoms with Crippen molar-refractivity contribution in [3.63, 3.8) is 0 Å². The molecule has 0 aromatic heterocycles. The topological polar surface area (TPSA) is 29.1 Å². The van der Waals surface area contributed by atoms with Crippen molar-refractivity contribution in [1.29, 1.82) is 0 Å². The van der Waals surface area contributed by atoms with E-state index in [2.05, 4.69) is 17.4 Å². The molecular weight excluding hydrogens is 198 g/mol. The Labute approximate surface area is 88.3 Å². The largest absolute Gasteiger partial charge is 0.326 e. The van der Waals surface area contributed by atoms with Crippen LogP contribution >= 0.6 is 11.6 Å². The molecule has 1 amide bonds. The fourth-order valence-corrected chi connectivity index (χ4v) is 1.84. The standard InChI is InChI=1S/C11H12ClNO/c12-5-1-2-8-3-4-10-9(6-8)7-11(14)13-10/h3-4,6H,1-2,5,7H2,(H,13,14). The average molecular weight is 210 g/mol. The molecule has 3 heteroatoms. The second-order valence-electron chi connectivity index (χ2n) is 3.51. The molecule has 0 bridgehead atoms. The lowest BCUT2D eigenvalue weighted by Gasteiger charge is -2.02. The van der Waals surface area contributed by atoms with Gasteiger partial charge in [0.2, 0.25) is 5.91 Å². The SMILES string of the molecule is O=C1Cc2cc(CCCCl)ccc2N1. The third-order valence-electron chi connectivity index (χ3n) is 2.39. The monoisotopic (exact) mass is 209 g/mol. The van der Waals surface area contributed by atoms with E-state index in [0.29, 0.717) is 12.3 Å². The van der Waals surface area contributed by atoms with Gasteiger partial charge in [-0.1, -0.05) is 12.1 Å². The van der Waals surface area contributed by atoms with Crippen molar-refractivity contribution in [1.82, 2.24) is 0 Å². The molecule has 0 unspecified atom stereocenters. The van der Waals surface area contributed by atoms with Gasteiger partial charge >= 0.3 is 0 Å². The molecule has 2 nitrogen and oxygen atoms in total. The number of fused-ring (bicyclic) bond motifs is 1. The Kier molecular flexibility index (Phi) is 2.73. The van der Waals surface area contributed by atoms with Gasteiger partial charge in [0.05, 0.1) is 6.42 Å². The van der Waals surface area contributed by atoms with Gasteiger partial charge in [-0.15, -0.1) is 11.6 Å². The highest BCUT2D eigenvalue weighted by Gasteiger charge is 2.16. The summed E-state index contributed by atoms with van der Waals surface area (Å²) in [5.41, 5.74) is 3.34. The van der Waals surface area contributed by atoms with Crippen LogP contribution in [0, 0.1) is 0 Å². The molecule has 1 aliphatic rings. The summed E-state index contributed by atoms with van der Waals surface area (Å²) in [6.45, 7) is 0. The highest BCUT2D eigenvalue weighted by molar-refractivity contribution is 6.17. The van der Waals surface area contributed by atoms with Crippen LogP contribution < -0.4 is 5.32 Å². The summed E-state index contributed by atoms with van der Waals surface area (Å²) in [4.78, 5) is 11.1. The number of carbonyl (C=O) groups is 1. The lowest BCUT2D eigenvalue weighted by molar-refractivity contribution is -0.115. The molecule has 1 aromatic rings. The number of hydrogen-bond acceptors (Lipinski definition) is 1. The Balaban J connectivity index is 2.16. The first-order valence-corrected chi connectivity index (χ1v) is 5.30. The highest BCUT2D eigenvalue weighted by atomic mass is 35.5. The van der Waals surface area contributed by atoms with Crippen molar-refractivity contribution >= 4 is 23.2 Å². The average Bonchev–Trinajstić information content (AvgIpc) is 2.54.